The van der Waals surface area contributed by atoms with Gasteiger partial charge in [-0.25, -0.2) is 0 Å². The number of benzene rings is 1. The summed E-state index contributed by atoms with van der Waals surface area (Å²) < 4.78 is 0. The summed E-state index contributed by atoms with van der Waals surface area (Å²) in [5.74, 6) is -0.294. The molecule has 146 valence electrons. The third kappa shape index (κ3) is 6.20. The molecule has 0 bridgehead atoms. The minimum atomic E-state index is -0.230. The molecule has 0 saturated carbocycles. The number of rotatable bonds is 7. The monoisotopic (exact) mass is 373 g/mol. The van der Waals surface area contributed by atoms with Crippen LogP contribution in [0.25, 0.3) is 0 Å². The lowest BCUT2D eigenvalue weighted by Crippen LogP contribution is -2.50. The number of Topliss-reactive ketones (excluding diaryl/α,β-unsaturated/α-hetero) is 1. The molecule has 0 unspecified atom stereocenters. The Balaban J connectivity index is 1.64. The molecule has 1 aromatic carbocycles. The van der Waals surface area contributed by atoms with Gasteiger partial charge in [0, 0.05) is 64.5 Å². The molecule has 0 aromatic heterocycles. The van der Waals surface area contributed by atoms with E-state index in [4.69, 9.17) is 0 Å². The molecule has 1 fully saturated rings. The summed E-state index contributed by atoms with van der Waals surface area (Å²) >= 11 is 0. The lowest BCUT2D eigenvalue weighted by atomic mass is 10.0. The first kappa shape index (κ1) is 20.6. The predicted molar refractivity (Wildman–Crippen MR) is 101 cm³/mol. The van der Waals surface area contributed by atoms with Crippen LogP contribution in [0.15, 0.2) is 24.3 Å². The Labute approximate surface area is 159 Å². The van der Waals surface area contributed by atoms with E-state index < -0.39 is 0 Å². The van der Waals surface area contributed by atoms with Crippen molar-refractivity contribution in [2.45, 2.75) is 33.1 Å². The van der Waals surface area contributed by atoms with Crippen LogP contribution < -0.4 is 5.32 Å². The van der Waals surface area contributed by atoms with E-state index >= 15 is 0 Å². The number of hydrogen-bond donors (Lipinski definition) is 1. The normalized spacial score (nSPS) is 14.0. The fourth-order valence-corrected chi connectivity index (χ4v) is 3.07. The van der Waals surface area contributed by atoms with Gasteiger partial charge in [0.2, 0.25) is 17.7 Å². The summed E-state index contributed by atoms with van der Waals surface area (Å²) in [4.78, 5) is 51.0. The number of ketones is 1. The van der Waals surface area contributed by atoms with E-state index in [9.17, 15) is 19.2 Å². The third-order valence-corrected chi connectivity index (χ3v) is 4.76. The first-order chi connectivity index (χ1) is 12.9. The van der Waals surface area contributed by atoms with E-state index in [1.165, 1.54) is 6.92 Å². The van der Waals surface area contributed by atoms with Crippen molar-refractivity contribution in [3.8, 4) is 0 Å². The largest absolute Gasteiger partial charge is 0.356 e. The van der Waals surface area contributed by atoms with Gasteiger partial charge in [-0.1, -0.05) is 24.3 Å². The van der Waals surface area contributed by atoms with Gasteiger partial charge < -0.3 is 15.1 Å². The second kappa shape index (κ2) is 9.85. The molecule has 0 aliphatic carbocycles. The maximum atomic E-state index is 12.2. The second-order valence-electron chi connectivity index (χ2n) is 6.72. The molecular formula is C20H27N3O4. The number of aryl methyl sites for hydroxylation is 1. The summed E-state index contributed by atoms with van der Waals surface area (Å²) in [6.45, 7) is 5.80. The third-order valence-electron chi connectivity index (χ3n) is 4.76. The smallest absolute Gasteiger partial charge is 0.224 e. The molecule has 27 heavy (non-hydrogen) atoms. The maximum absolute atomic E-state index is 12.2. The molecule has 1 aromatic rings. The number of piperazine rings is 1. The van der Waals surface area contributed by atoms with E-state index in [2.05, 4.69) is 5.32 Å². The fraction of sp³-hybridized carbons (Fsp3) is 0.500. The van der Waals surface area contributed by atoms with Crippen molar-refractivity contribution in [2.24, 2.45) is 0 Å². The molecule has 1 saturated heterocycles. The Hall–Kier alpha value is -2.70. The van der Waals surface area contributed by atoms with Crippen molar-refractivity contribution in [3.05, 3.63) is 35.4 Å². The number of carbonyl (C=O) groups is 4. The molecule has 7 nitrogen and oxygen atoms in total. The summed E-state index contributed by atoms with van der Waals surface area (Å²) in [7, 11) is 0. The Morgan fingerprint density at radius 3 is 2.19 bits per heavy atom. The van der Waals surface area contributed by atoms with Gasteiger partial charge in [-0.3, -0.25) is 19.2 Å². The number of hydrogen-bond acceptors (Lipinski definition) is 4. The molecule has 2 rings (SSSR count). The zero-order chi connectivity index (χ0) is 19.8. The van der Waals surface area contributed by atoms with E-state index in [1.54, 1.807) is 15.9 Å². The van der Waals surface area contributed by atoms with Gasteiger partial charge in [-0.05, 0) is 12.5 Å². The predicted octanol–water partition coefficient (Wildman–Crippen LogP) is 1.15. The van der Waals surface area contributed by atoms with Crippen molar-refractivity contribution in [1.82, 2.24) is 15.1 Å². The fourth-order valence-electron chi connectivity index (χ4n) is 3.07. The van der Waals surface area contributed by atoms with Gasteiger partial charge in [-0.2, -0.15) is 0 Å². The highest BCUT2D eigenvalue weighted by atomic mass is 16.2. The van der Waals surface area contributed by atoms with Gasteiger partial charge in [0.1, 0.15) is 0 Å². The molecule has 7 heteroatoms. The van der Waals surface area contributed by atoms with Crippen LogP contribution in [0.3, 0.4) is 0 Å². The lowest BCUT2D eigenvalue weighted by molar-refractivity contribution is -0.138. The van der Waals surface area contributed by atoms with Crippen molar-refractivity contribution < 1.29 is 19.2 Å². The van der Waals surface area contributed by atoms with Gasteiger partial charge >= 0.3 is 0 Å². The number of carbonyl (C=O) groups excluding carboxylic acids is 4. The van der Waals surface area contributed by atoms with Crippen LogP contribution in [0.1, 0.15) is 42.1 Å². The van der Waals surface area contributed by atoms with Gasteiger partial charge in [0.25, 0.3) is 0 Å². The SMILES string of the molecule is CC(=O)N1CCN(C(=O)CCNC(=O)CCC(=O)c2ccccc2C)CC1. The average Bonchev–Trinajstić information content (AvgIpc) is 2.66. The Kier molecular flexibility index (Phi) is 7.52. The average molecular weight is 373 g/mol. The van der Waals surface area contributed by atoms with Gasteiger partial charge in [0.05, 0.1) is 0 Å². The first-order valence-corrected chi connectivity index (χ1v) is 9.27. The standard InChI is InChI=1S/C20H27N3O4/c1-15-5-3-4-6-17(15)18(25)7-8-19(26)21-10-9-20(27)23-13-11-22(12-14-23)16(2)24/h3-6H,7-14H2,1-2H3,(H,21,26). The first-order valence-electron chi connectivity index (χ1n) is 9.27. The molecule has 1 heterocycles. The van der Waals surface area contributed by atoms with E-state index in [-0.39, 0.29) is 49.3 Å². The highest BCUT2D eigenvalue weighted by molar-refractivity contribution is 5.99. The highest BCUT2D eigenvalue weighted by Crippen LogP contribution is 2.11. The molecule has 3 amide bonds. The van der Waals surface area contributed by atoms with Crippen molar-refractivity contribution in [2.75, 3.05) is 32.7 Å². The minimum absolute atomic E-state index is 0.0228. The summed E-state index contributed by atoms with van der Waals surface area (Å²) in [5.41, 5.74) is 1.54. The zero-order valence-electron chi connectivity index (χ0n) is 16.0. The van der Waals surface area contributed by atoms with Crippen molar-refractivity contribution >= 4 is 23.5 Å². The van der Waals surface area contributed by atoms with Crippen LogP contribution in [0.2, 0.25) is 0 Å². The van der Waals surface area contributed by atoms with Crippen LogP contribution in [-0.2, 0) is 14.4 Å². The topological polar surface area (TPSA) is 86.8 Å². The summed E-state index contributed by atoms with van der Waals surface area (Å²) in [6, 6.07) is 7.31. The van der Waals surface area contributed by atoms with Crippen molar-refractivity contribution in [1.29, 1.82) is 0 Å². The van der Waals surface area contributed by atoms with Crippen molar-refractivity contribution in [3.63, 3.8) is 0 Å². The van der Waals surface area contributed by atoms with Crippen LogP contribution in [0, 0.1) is 6.92 Å². The second-order valence-corrected chi connectivity index (χ2v) is 6.72. The minimum Gasteiger partial charge on any atom is -0.356 e. The van der Waals surface area contributed by atoms with E-state index in [1.807, 2.05) is 25.1 Å². The highest BCUT2D eigenvalue weighted by Gasteiger charge is 2.22. The quantitative estimate of drug-likeness (QED) is 0.727. The molecule has 1 aliphatic heterocycles. The number of amides is 3. The molecular weight excluding hydrogens is 346 g/mol. The molecule has 0 spiro atoms. The zero-order valence-corrected chi connectivity index (χ0v) is 16.0. The van der Waals surface area contributed by atoms with Crippen LogP contribution in [0.5, 0.6) is 0 Å². The molecule has 0 radical (unpaired) electrons. The summed E-state index contributed by atoms with van der Waals surface area (Å²) in [6.07, 6.45) is 0.480. The molecule has 0 atom stereocenters. The Morgan fingerprint density at radius 1 is 0.926 bits per heavy atom. The Morgan fingerprint density at radius 2 is 1.56 bits per heavy atom. The van der Waals surface area contributed by atoms with Gasteiger partial charge in [0.15, 0.2) is 5.78 Å². The van der Waals surface area contributed by atoms with Gasteiger partial charge in [-0.15, -0.1) is 0 Å². The van der Waals surface area contributed by atoms with Crippen LogP contribution >= 0.6 is 0 Å². The number of nitrogens with one attached hydrogen (secondary N) is 1. The van der Waals surface area contributed by atoms with E-state index in [0.717, 1.165) is 5.56 Å². The number of nitrogens with zero attached hydrogens (tertiary/aromatic N) is 2. The maximum Gasteiger partial charge on any atom is 0.224 e. The Bertz CT molecular complexity index is 709. The molecule has 1 N–H and O–H groups in total. The van der Waals surface area contributed by atoms with Crippen LogP contribution in [0.4, 0.5) is 0 Å². The van der Waals surface area contributed by atoms with E-state index in [0.29, 0.717) is 31.7 Å². The molecule has 1 aliphatic rings. The lowest BCUT2D eigenvalue weighted by Gasteiger charge is -2.34. The van der Waals surface area contributed by atoms with Crippen LogP contribution in [-0.4, -0.2) is 66.0 Å². The summed E-state index contributed by atoms with van der Waals surface area (Å²) in [5, 5.41) is 2.70.